The number of anilines is 1. The molecule has 0 saturated carbocycles. The fraction of sp³-hybridized carbons (Fsp3) is 0.278. The molecule has 0 saturated heterocycles. The van der Waals surface area contributed by atoms with Crippen LogP contribution < -0.4 is 10.6 Å². The third-order valence-corrected chi connectivity index (χ3v) is 4.00. The highest BCUT2D eigenvalue weighted by Crippen LogP contribution is 2.27. The number of carbonyl (C=O) groups excluding carboxylic acids is 1. The molecule has 2 aromatic carbocycles. The van der Waals surface area contributed by atoms with Crippen LogP contribution in [0.1, 0.15) is 17.5 Å². The Balaban J connectivity index is 1.70. The van der Waals surface area contributed by atoms with E-state index in [9.17, 15) is 4.79 Å². The Hall–Kier alpha value is -2.13. The van der Waals surface area contributed by atoms with Gasteiger partial charge in [-0.2, -0.15) is 0 Å². The Morgan fingerprint density at radius 1 is 1.05 bits per heavy atom. The van der Waals surface area contributed by atoms with E-state index in [0.717, 1.165) is 25.1 Å². The minimum absolute atomic E-state index is 0.0433. The van der Waals surface area contributed by atoms with E-state index in [1.807, 2.05) is 41.3 Å². The van der Waals surface area contributed by atoms with Gasteiger partial charge in [0.1, 0.15) is 0 Å². The number of nitrogens with two attached hydrogens (primary N) is 1. The monoisotopic (exact) mass is 280 g/mol. The number of rotatable bonds is 4. The summed E-state index contributed by atoms with van der Waals surface area (Å²) in [6.45, 7) is 0.721. The summed E-state index contributed by atoms with van der Waals surface area (Å²) in [6.07, 6.45) is 2.56. The fourth-order valence-electron chi connectivity index (χ4n) is 2.91. The lowest BCUT2D eigenvalue weighted by atomic mass is 9.97. The maximum Gasteiger partial charge on any atom is 0.244 e. The lowest BCUT2D eigenvalue weighted by Crippen LogP contribution is -2.49. The third-order valence-electron chi connectivity index (χ3n) is 4.00. The highest BCUT2D eigenvalue weighted by atomic mass is 16.2. The van der Waals surface area contributed by atoms with Crippen LogP contribution in [-0.2, 0) is 17.6 Å². The summed E-state index contributed by atoms with van der Waals surface area (Å²) in [7, 11) is 0. The average molecular weight is 280 g/mol. The molecule has 3 heteroatoms. The molecule has 2 aromatic rings. The quantitative estimate of drug-likeness (QED) is 0.935. The molecule has 108 valence electrons. The Kier molecular flexibility index (Phi) is 4.02. The van der Waals surface area contributed by atoms with Gasteiger partial charge in [0.15, 0.2) is 0 Å². The summed E-state index contributed by atoms with van der Waals surface area (Å²) in [5.74, 6) is 0.0433. The Morgan fingerprint density at radius 2 is 1.76 bits per heavy atom. The van der Waals surface area contributed by atoms with Crippen molar-refractivity contribution >= 4 is 11.6 Å². The van der Waals surface area contributed by atoms with Crippen molar-refractivity contribution in [2.24, 2.45) is 5.73 Å². The minimum Gasteiger partial charge on any atom is -0.320 e. The molecular weight excluding hydrogens is 260 g/mol. The first-order valence-corrected chi connectivity index (χ1v) is 7.44. The standard InChI is InChI=1S/C18H20N2O/c19-16-13-15-10-4-5-11-17(15)20(18(16)21)12-6-9-14-7-2-1-3-8-14/h1-5,7-8,10-11,16H,6,9,12-13,19H2/t16-/m1/s1. The van der Waals surface area contributed by atoms with Gasteiger partial charge >= 0.3 is 0 Å². The molecule has 1 aliphatic heterocycles. The predicted molar refractivity (Wildman–Crippen MR) is 85.2 cm³/mol. The minimum atomic E-state index is -0.406. The molecule has 0 aromatic heterocycles. The number of benzene rings is 2. The van der Waals surface area contributed by atoms with E-state index < -0.39 is 6.04 Å². The van der Waals surface area contributed by atoms with Crippen molar-refractivity contribution in [2.45, 2.75) is 25.3 Å². The molecule has 0 bridgehead atoms. The SMILES string of the molecule is N[C@@H]1Cc2ccccc2N(CCCc2ccccc2)C1=O. The molecule has 0 fully saturated rings. The number of amides is 1. The van der Waals surface area contributed by atoms with E-state index in [2.05, 4.69) is 18.2 Å². The largest absolute Gasteiger partial charge is 0.320 e. The second-order valence-corrected chi connectivity index (χ2v) is 5.52. The lowest BCUT2D eigenvalue weighted by molar-refractivity contribution is -0.120. The van der Waals surface area contributed by atoms with Crippen molar-refractivity contribution < 1.29 is 4.79 Å². The highest BCUT2D eigenvalue weighted by Gasteiger charge is 2.29. The lowest BCUT2D eigenvalue weighted by Gasteiger charge is -2.32. The second-order valence-electron chi connectivity index (χ2n) is 5.52. The van der Waals surface area contributed by atoms with Gasteiger partial charge in [-0.05, 0) is 36.5 Å². The van der Waals surface area contributed by atoms with Crippen LogP contribution in [0.15, 0.2) is 54.6 Å². The van der Waals surface area contributed by atoms with Crippen LogP contribution in [0, 0.1) is 0 Å². The van der Waals surface area contributed by atoms with Crippen molar-refractivity contribution in [1.29, 1.82) is 0 Å². The van der Waals surface area contributed by atoms with Crippen molar-refractivity contribution in [1.82, 2.24) is 0 Å². The molecule has 3 nitrogen and oxygen atoms in total. The Labute approximate surface area is 125 Å². The molecule has 0 spiro atoms. The number of carbonyl (C=O) groups is 1. The van der Waals surface area contributed by atoms with Gasteiger partial charge in [-0.1, -0.05) is 48.5 Å². The van der Waals surface area contributed by atoms with Crippen molar-refractivity contribution in [3.8, 4) is 0 Å². The smallest absolute Gasteiger partial charge is 0.244 e. The molecule has 1 heterocycles. The highest BCUT2D eigenvalue weighted by molar-refractivity contribution is 6.00. The summed E-state index contributed by atoms with van der Waals surface area (Å²) in [6, 6.07) is 18.0. The predicted octanol–water partition coefficient (Wildman–Crippen LogP) is 2.54. The van der Waals surface area contributed by atoms with Crippen LogP contribution in [0.4, 0.5) is 5.69 Å². The zero-order valence-corrected chi connectivity index (χ0v) is 12.0. The average Bonchev–Trinajstić information content (AvgIpc) is 2.52. The third kappa shape index (κ3) is 2.98. The molecule has 21 heavy (non-hydrogen) atoms. The van der Waals surface area contributed by atoms with Gasteiger partial charge in [0.25, 0.3) is 0 Å². The molecule has 1 atom stereocenters. The number of hydrogen-bond acceptors (Lipinski definition) is 2. The molecule has 0 unspecified atom stereocenters. The first-order valence-electron chi connectivity index (χ1n) is 7.44. The number of para-hydroxylation sites is 1. The molecule has 2 N–H and O–H groups in total. The molecule has 1 amide bonds. The van der Waals surface area contributed by atoms with Gasteiger partial charge in [0.05, 0.1) is 6.04 Å². The summed E-state index contributed by atoms with van der Waals surface area (Å²) >= 11 is 0. The van der Waals surface area contributed by atoms with Gasteiger partial charge in [0.2, 0.25) is 5.91 Å². The van der Waals surface area contributed by atoms with Crippen molar-refractivity contribution in [3.63, 3.8) is 0 Å². The van der Waals surface area contributed by atoms with E-state index in [4.69, 9.17) is 5.73 Å². The van der Waals surface area contributed by atoms with Gasteiger partial charge in [-0.25, -0.2) is 0 Å². The normalized spacial score (nSPS) is 17.7. The van der Waals surface area contributed by atoms with Crippen LogP contribution in [0.2, 0.25) is 0 Å². The number of fused-ring (bicyclic) bond motifs is 1. The van der Waals surface area contributed by atoms with E-state index >= 15 is 0 Å². The summed E-state index contributed by atoms with van der Waals surface area (Å²) in [5, 5.41) is 0. The maximum absolute atomic E-state index is 12.3. The second kappa shape index (κ2) is 6.10. The first-order chi connectivity index (χ1) is 10.3. The molecule has 3 rings (SSSR count). The van der Waals surface area contributed by atoms with E-state index in [1.165, 1.54) is 11.1 Å². The number of aryl methyl sites for hydroxylation is 1. The summed E-state index contributed by atoms with van der Waals surface area (Å²) < 4.78 is 0. The number of nitrogens with zero attached hydrogens (tertiary/aromatic N) is 1. The fourth-order valence-corrected chi connectivity index (χ4v) is 2.91. The van der Waals surface area contributed by atoms with Crippen molar-refractivity contribution in [3.05, 3.63) is 65.7 Å². The van der Waals surface area contributed by atoms with Crippen LogP contribution in [-0.4, -0.2) is 18.5 Å². The molecule has 0 aliphatic carbocycles. The maximum atomic E-state index is 12.3. The molecule has 1 aliphatic rings. The van der Waals surface area contributed by atoms with Crippen LogP contribution in [0.25, 0.3) is 0 Å². The van der Waals surface area contributed by atoms with Crippen LogP contribution in [0.5, 0.6) is 0 Å². The van der Waals surface area contributed by atoms with E-state index in [1.54, 1.807) is 0 Å². The molecular formula is C18H20N2O. The summed E-state index contributed by atoms with van der Waals surface area (Å²) in [4.78, 5) is 14.2. The van der Waals surface area contributed by atoms with Crippen LogP contribution in [0.3, 0.4) is 0 Å². The van der Waals surface area contributed by atoms with Gasteiger partial charge in [-0.15, -0.1) is 0 Å². The van der Waals surface area contributed by atoms with Crippen LogP contribution >= 0.6 is 0 Å². The number of hydrogen-bond donors (Lipinski definition) is 1. The summed E-state index contributed by atoms with van der Waals surface area (Å²) in [5.41, 5.74) is 9.48. The van der Waals surface area contributed by atoms with Gasteiger partial charge in [-0.3, -0.25) is 4.79 Å². The Morgan fingerprint density at radius 3 is 2.57 bits per heavy atom. The topological polar surface area (TPSA) is 46.3 Å². The van der Waals surface area contributed by atoms with E-state index in [0.29, 0.717) is 6.42 Å². The van der Waals surface area contributed by atoms with Gasteiger partial charge < -0.3 is 10.6 Å². The molecule has 0 radical (unpaired) electrons. The zero-order chi connectivity index (χ0) is 14.7. The Bertz CT molecular complexity index is 624. The van der Waals surface area contributed by atoms with E-state index in [-0.39, 0.29) is 5.91 Å². The zero-order valence-electron chi connectivity index (χ0n) is 12.0. The first kappa shape index (κ1) is 13.8. The van der Waals surface area contributed by atoms with Gasteiger partial charge in [0, 0.05) is 12.2 Å². The van der Waals surface area contributed by atoms with Crippen molar-refractivity contribution in [2.75, 3.05) is 11.4 Å².